The Kier molecular flexibility index (Phi) is 6.88. The minimum absolute atomic E-state index is 0.0649. The van der Waals surface area contributed by atoms with Gasteiger partial charge in [0.05, 0.1) is 16.4 Å². The lowest BCUT2D eigenvalue weighted by molar-refractivity contribution is -0.385. The molecule has 0 fully saturated rings. The van der Waals surface area contributed by atoms with E-state index < -0.39 is 14.9 Å². The Labute approximate surface area is 179 Å². The monoisotopic (exact) mass is 445 g/mol. The van der Waals surface area contributed by atoms with Crippen molar-refractivity contribution in [3.63, 3.8) is 0 Å². The van der Waals surface area contributed by atoms with Crippen LogP contribution in [-0.4, -0.2) is 39.4 Å². The molecule has 1 aromatic heterocycles. The zero-order chi connectivity index (χ0) is 22.4. The molecule has 3 rings (SSSR count). The fourth-order valence-electron chi connectivity index (χ4n) is 2.99. The maximum absolute atomic E-state index is 12.3. The smallest absolute Gasteiger partial charge is 0.270 e. The molecular weight excluding hydrogens is 422 g/mol. The number of furan rings is 1. The summed E-state index contributed by atoms with van der Waals surface area (Å²) in [5.74, 6) is 1.27. The Morgan fingerprint density at radius 3 is 2.61 bits per heavy atom. The molecule has 0 aliphatic heterocycles. The van der Waals surface area contributed by atoms with E-state index in [0.29, 0.717) is 12.5 Å². The third-order valence-corrected chi connectivity index (χ3v) is 6.09. The van der Waals surface area contributed by atoms with Crippen molar-refractivity contribution in [1.82, 2.24) is 15.4 Å². The van der Waals surface area contributed by atoms with Crippen LogP contribution >= 0.6 is 0 Å². The Hall–Kier alpha value is -3.44. The van der Waals surface area contributed by atoms with Crippen molar-refractivity contribution in [3.8, 4) is 0 Å². The number of sulfonamides is 1. The number of nitrogens with zero attached hydrogens (tertiary/aromatic N) is 2. The molecule has 0 bridgehead atoms. The molecule has 3 N–H and O–H groups in total. The first-order chi connectivity index (χ1) is 14.8. The van der Waals surface area contributed by atoms with Gasteiger partial charge < -0.3 is 15.1 Å². The Morgan fingerprint density at radius 2 is 1.90 bits per heavy atom. The van der Waals surface area contributed by atoms with Gasteiger partial charge in [0, 0.05) is 43.2 Å². The first-order valence-electron chi connectivity index (χ1n) is 9.47. The fourth-order valence-corrected chi connectivity index (χ4v) is 4.06. The van der Waals surface area contributed by atoms with Gasteiger partial charge in [-0.3, -0.25) is 15.1 Å². The number of para-hydroxylation sites is 1. The van der Waals surface area contributed by atoms with Crippen LogP contribution in [0.15, 0.2) is 62.8 Å². The first kappa shape index (κ1) is 22.2. The summed E-state index contributed by atoms with van der Waals surface area (Å²) in [7, 11) is -2.26. The summed E-state index contributed by atoms with van der Waals surface area (Å²) < 4.78 is 32.9. The predicted molar refractivity (Wildman–Crippen MR) is 117 cm³/mol. The second-order valence-electron chi connectivity index (χ2n) is 6.65. The van der Waals surface area contributed by atoms with Crippen LogP contribution in [0.4, 0.5) is 5.69 Å². The van der Waals surface area contributed by atoms with E-state index in [9.17, 15) is 18.5 Å². The molecule has 11 heteroatoms. The quantitative estimate of drug-likeness (QED) is 0.159. The molecule has 1 heterocycles. The van der Waals surface area contributed by atoms with Gasteiger partial charge in [-0.2, -0.15) is 0 Å². The van der Waals surface area contributed by atoms with Crippen LogP contribution in [0.25, 0.3) is 11.0 Å². The minimum atomic E-state index is -3.87. The number of fused-ring (bicyclic) bond motifs is 1. The number of guanidine groups is 1. The molecule has 0 aliphatic rings. The van der Waals surface area contributed by atoms with Crippen molar-refractivity contribution in [2.24, 2.45) is 4.99 Å². The zero-order valence-electron chi connectivity index (χ0n) is 17.1. The van der Waals surface area contributed by atoms with Crippen LogP contribution in [0, 0.1) is 17.0 Å². The number of rotatable bonds is 8. The number of nitrogens with one attached hydrogen (secondary N) is 3. The third kappa shape index (κ3) is 5.38. The van der Waals surface area contributed by atoms with Crippen LogP contribution in [0.3, 0.4) is 0 Å². The average Bonchev–Trinajstić information content (AvgIpc) is 3.09. The van der Waals surface area contributed by atoms with Crippen LogP contribution in [0.2, 0.25) is 0 Å². The summed E-state index contributed by atoms with van der Waals surface area (Å²) in [6.45, 7) is 2.73. The summed E-state index contributed by atoms with van der Waals surface area (Å²) >= 11 is 0. The summed E-state index contributed by atoms with van der Waals surface area (Å²) in [5, 5.41) is 18.0. The van der Waals surface area contributed by atoms with Crippen molar-refractivity contribution in [1.29, 1.82) is 0 Å². The van der Waals surface area contributed by atoms with Crippen molar-refractivity contribution in [2.75, 3.05) is 20.1 Å². The van der Waals surface area contributed by atoms with Crippen molar-refractivity contribution < 1.29 is 17.8 Å². The van der Waals surface area contributed by atoms with Gasteiger partial charge in [0.2, 0.25) is 10.0 Å². The molecule has 0 amide bonds. The maximum Gasteiger partial charge on any atom is 0.270 e. The molecule has 0 aliphatic carbocycles. The van der Waals surface area contributed by atoms with E-state index in [0.717, 1.165) is 28.4 Å². The lowest BCUT2D eigenvalue weighted by Gasteiger charge is -2.12. The molecular formula is C20H23N5O5S. The number of nitro groups is 1. The third-order valence-electron chi connectivity index (χ3n) is 4.63. The van der Waals surface area contributed by atoms with E-state index in [2.05, 4.69) is 20.3 Å². The normalized spacial score (nSPS) is 12.1. The number of aryl methyl sites for hydroxylation is 1. The van der Waals surface area contributed by atoms with E-state index >= 15 is 0 Å². The fraction of sp³-hybridized carbons (Fsp3) is 0.250. The van der Waals surface area contributed by atoms with Gasteiger partial charge in [-0.25, -0.2) is 13.1 Å². The van der Waals surface area contributed by atoms with Crippen molar-refractivity contribution in [3.05, 3.63) is 70.0 Å². The van der Waals surface area contributed by atoms with Gasteiger partial charge in [-0.05, 0) is 19.1 Å². The number of benzene rings is 2. The number of non-ortho nitro benzene ring substituents is 1. The molecule has 31 heavy (non-hydrogen) atoms. The molecule has 3 aromatic rings. The Bertz CT molecular complexity index is 1220. The molecule has 10 nitrogen and oxygen atoms in total. The standard InChI is InChI=1S/C20H23N5O5S/c1-14-17-8-3-4-9-18(17)30-19(14)13-23-20(21-2)22-10-11-24-31(28,29)16-7-5-6-15(12-16)25(26)27/h3-9,12,24H,10-11,13H2,1-2H3,(H2,21,22,23). The number of hydrogen-bond acceptors (Lipinski definition) is 6. The van der Waals surface area contributed by atoms with Gasteiger partial charge in [0.15, 0.2) is 5.96 Å². The second kappa shape index (κ2) is 9.58. The highest BCUT2D eigenvalue weighted by molar-refractivity contribution is 7.89. The van der Waals surface area contributed by atoms with Crippen LogP contribution < -0.4 is 15.4 Å². The largest absolute Gasteiger partial charge is 0.459 e. The maximum atomic E-state index is 12.3. The van der Waals surface area contributed by atoms with Gasteiger partial charge in [0.25, 0.3) is 5.69 Å². The van der Waals surface area contributed by atoms with E-state index in [1.54, 1.807) is 7.05 Å². The van der Waals surface area contributed by atoms with Crippen molar-refractivity contribution in [2.45, 2.75) is 18.4 Å². The molecule has 0 atom stereocenters. The lowest BCUT2D eigenvalue weighted by atomic mass is 10.1. The zero-order valence-corrected chi connectivity index (χ0v) is 17.9. The van der Waals surface area contributed by atoms with E-state index in [1.807, 2.05) is 31.2 Å². The van der Waals surface area contributed by atoms with Gasteiger partial charge in [0.1, 0.15) is 11.3 Å². The molecule has 2 aromatic carbocycles. The molecule has 0 spiro atoms. The van der Waals surface area contributed by atoms with Gasteiger partial charge in [-0.15, -0.1) is 0 Å². The van der Waals surface area contributed by atoms with Gasteiger partial charge in [-0.1, -0.05) is 24.3 Å². The van der Waals surface area contributed by atoms with E-state index in [4.69, 9.17) is 4.42 Å². The summed E-state index contributed by atoms with van der Waals surface area (Å²) in [5.41, 5.74) is 1.57. The highest BCUT2D eigenvalue weighted by Gasteiger charge is 2.17. The summed E-state index contributed by atoms with van der Waals surface area (Å²) in [6, 6.07) is 12.7. The van der Waals surface area contributed by atoms with E-state index in [-0.39, 0.29) is 23.7 Å². The molecule has 0 unspecified atom stereocenters. The Balaban J connectivity index is 1.51. The highest BCUT2D eigenvalue weighted by atomic mass is 32.2. The Morgan fingerprint density at radius 1 is 1.13 bits per heavy atom. The first-order valence-corrected chi connectivity index (χ1v) is 11.0. The van der Waals surface area contributed by atoms with Crippen LogP contribution in [-0.2, 0) is 16.6 Å². The van der Waals surface area contributed by atoms with E-state index in [1.165, 1.54) is 18.2 Å². The molecule has 0 saturated heterocycles. The number of aliphatic imine (C=N–C) groups is 1. The number of nitro benzene ring substituents is 1. The molecule has 0 saturated carbocycles. The lowest BCUT2D eigenvalue weighted by Crippen LogP contribution is -2.41. The van der Waals surface area contributed by atoms with Crippen LogP contribution in [0.1, 0.15) is 11.3 Å². The van der Waals surface area contributed by atoms with Gasteiger partial charge >= 0.3 is 0 Å². The second-order valence-corrected chi connectivity index (χ2v) is 8.42. The summed E-state index contributed by atoms with van der Waals surface area (Å²) in [6.07, 6.45) is 0. The number of hydrogen-bond donors (Lipinski definition) is 3. The topological polar surface area (TPSA) is 139 Å². The van der Waals surface area contributed by atoms with Crippen molar-refractivity contribution >= 4 is 32.6 Å². The summed E-state index contributed by atoms with van der Waals surface area (Å²) in [4.78, 5) is 14.1. The molecule has 164 valence electrons. The minimum Gasteiger partial charge on any atom is -0.459 e. The average molecular weight is 446 g/mol. The predicted octanol–water partition coefficient (Wildman–Crippen LogP) is 2.29. The highest BCUT2D eigenvalue weighted by Crippen LogP contribution is 2.24. The SMILES string of the molecule is CN=C(NCCNS(=O)(=O)c1cccc([N+](=O)[O-])c1)NCc1oc2ccccc2c1C. The molecule has 0 radical (unpaired) electrons. The van der Waals surface area contributed by atoms with Crippen LogP contribution in [0.5, 0.6) is 0 Å².